The number of carbonyl (C=O) groups excluding carboxylic acids is 12. The van der Waals surface area contributed by atoms with Gasteiger partial charge in [-0.05, 0) is 37.7 Å². The van der Waals surface area contributed by atoms with E-state index in [1.807, 2.05) is 0 Å². The number of thioether (sulfide) groups is 1. The maximum absolute atomic E-state index is 14.6. The van der Waals surface area contributed by atoms with Crippen LogP contribution in [0.15, 0.2) is 35.3 Å². The van der Waals surface area contributed by atoms with Gasteiger partial charge in [0, 0.05) is 102 Å². The number of unbranched alkanes of at least 4 members (excludes halogenated alkanes) is 1. The van der Waals surface area contributed by atoms with Crippen molar-refractivity contribution in [2.75, 3.05) is 187 Å². The van der Waals surface area contributed by atoms with Gasteiger partial charge in [-0.15, -0.1) is 11.8 Å². The summed E-state index contributed by atoms with van der Waals surface area (Å²) in [5, 5.41) is 66.5. The summed E-state index contributed by atoms with van der Waals surface area (Å²) in [5.41, 5.74) is 16.5. The number of hydrogen-bond acceptors (Lipinski definition) is 28. The molecule has 0 aromatic heterocycles. The van der Waals surface area contributed by atoms with Crippen molar-refractivity contribution in [3.8, 4) is 0 Å². The Morgan fingerprint density at radius 2 is 0.938 bits per heavy atom. The summed E-state index contributed by atoms with van der Waals surface area (Å²) in [6.07, 6.45) is -1.24. The van der Waals surface area contributed by atoms with Gasteiger partial charge in [0.15, 0.2) is 5.96 Å². The first-order valence-electron chi connectivity index (χ1n) is 35.9. The van der Waals surface area contributed by atoms with Crippen LogP contribution in [0.5, 0.6) is 0 Å². The molecule has 7 atom stereocenters. The van der Waals surface area contributed by atoms with Crippen LogP contribution in [0.1, 0.15) is 44.1 Å². The molecule has 3 rings (SSSR count). The molecule has 2 aliphatic rings. The van der Waals surface area contributed by atoms with Crippen LogP contribution in [0.3, 0.4) is 0 Å². The molecule has 2 saturated heterocycles. The monoisotopic (exact) mass is 1710 g/mol. The van der Waals surface area contributed by atoms with Gasteiger partial charge >= 0.3 is 43.7 Å². The van der Waals surface area contributed by atoms with Crippen LogP contribution in [0, 0.1) is 0 Å². The van der Waals surface area contributed by atoms with Crippen LogP contribution < -0.4 is 75.7 Å². The summed E-state index contributed by atoms with van der Waals surface area (Å²) in [7, 11) is 0. The van der Waals surface area contributed by atoms with Crippen LogP contribution in [0.4, 0.5) is 0 Å². The molecule has 43 nitrogen and oxygen atoms in total. The molecule has 12 amide bonds. The number of carbonyl (C=O) groups is 16. The van der Waals surface area contributed by atoms with Crippen LogP contribution in [-0.4, -0.2) is 390 Å². The van der Waals surface area contributed by atoms with E-state index in [9.17, 15) is 97.1 Å². The van der Waals surface area contributed by atoms with Crippen molar-refractivity contribution in [2.24, 2.45) is 22.2 Å². The number of nitrogens with one attached hydrogen (secondary N) is 11. The summed E-state index contributed by atoms with van der Waals surface area (Å²) in [6, 6.07) is -2.70. The first kappa shape index (κ1) is 100. The summed E-state index contributed by atoms with van der Waals surface area (Å²) < 4.78 is 21.4. The molecule has 1 aromatic carbocycles. The van der Waals surface area contributed by atoms with Crippen molar-refractivity contribution in [1.82, 2.24) is 78.1 Å². The van der Waals surface area contributed by atoms with Crippen LogP contribution >= 0.6 is 37.0 Å². The number of rotatable bonds is 40. The van der Waals surface area contributed by atoms with Gasteiger partial charge in [0.05, 0.1) is 84.5 Å². The van der Waals surface area contributed by atoms with Crippen molar-refractivity contribution in [3.63, 3.8) is 0 Å². The number of aliphatic imine (C=N–C) groups is 1. The predicted octanol–water partition coefficient (Wildman–Crippen LogP) is -9.96. The Morgan fingerprint density at radius 3 is 1.45 bits per heavy atom. The maximum atomic E-state index is 14.6. The summed E-state index contributed by atoms with van der Waals surface area (Å²) in [5.74, 6) is -17.4. The van der Waals surface area contributed by atoms with E-state index in [4.69, 9.17) is 36.1 Å². The minimum atomic E-state index is -1.89. The zero-order chi connectivity index (χ0) is 82.8. The molecule has 0 spiro atoms. The minimum absolute atomic E-state index is 0. The van der Waals surface area contributed by atoms with Crippen molar-refractivity contribution >= 4 is 158 Å². The van der Waals surface area contributed by atoms with E-state index in [1.54, 1.807) is 49.9 Å². The van der Waals surface area contributed by atoms with E-state index in [1.165, 1.54) is 0 Å². The van der Waals surface area contributed by atoms with E-state index < -0.39 is 174 Å². The fraction of sp³-hybridized carbons (Fsp3) is 0.652. The number of ether oxygens (including phenoxy) is 4. The van der Waals surface area contributed by atoms with Crippen LogP contribution in [0.2, 0.25) is 0 Å². The van der Waals surface area contributed by atoms with E-state index in [-0.39, 0.29) is 221 Å². The number of benzene rings is 1. The SMILES string of the molecule is NC(=O)COCC(=O)NCCOCCOCCOCCNC(=O)C1CSCC(=O)NC(CCCCNC(=O)CN2CCN(CC(=O)O)CCN(CC(=O)O)CCN(CC(=O)O)CC2)C(=O)NC(CS)C(=O)NC(CCCN=C(N)N)C(=O)NCC(=O)NC(CC(=O)O)C(=O)NC(CS)C(=O)NC(Cc2ccccc2)C(=O)N1.[Ga+3]. The Labute approximate surface area is 680 Å². The number of thiol groups is 2. The third-order valence-electron chi connectivity index (χ3n) is 16.3. The molecular formula is C66H107GaN19O24S3+3. The average Bonchev–Trinajstić information content (AvgIpc) is 0.962. The summed E-state index contributed by atoms with van der Waals surface area (Å²) in [4.78, 5) is 221. The Balaban J connectivity index is 0.0000433. The van der Waals surface area contributed by atoms with Gasteiger partial charge < -0.3 is 115 Å². The fourth-order valence-electron chi connectivity index (χ4n) is 10.7. The van der Waals surface area contributed by atoms with Gasteiger partial charge in [-0.25, -0.2) is 0 Å². The Bertz CT molecular complexity index is 3240. The number of nitrogens with zero attached hydrogens (tertiary/aromatic N) is 5. The molecule has 0 saturated carbocycles. The second kappa shape index (κ2) is 58.3. The van der Waals surface area contributed by atoms with E-state index >= 15 is 0 Å². The largest absolute Gasteiger partial charge is 3.00 e. The minimum Gasteiger partial charge on any atom is -0.481 e. The molecule has 0 radical (unpaired) electrons. The van der Waals surface area contributed by atoms with Gasteiger partial charge in [-0.1, -0.05) is 30.3 Å². The number of nitrogens with two attached hydrogens (primary N) is 3. The number of amides is 12. The smallest absolute Gasteiger partial charge is 0.481 e. The third-order valence-corrected chi connectivity index (χ3v) is 18.1. The number of primary amides is 1. The molecule has 2 fully saturated rings. The van der Waals surface area contributed by atoms with Crippen molar-refractivity contribution in [1.29, 1.82) is 0 Å². The number of guanidine groups is 1. The third kappa shape index (κ3) is 46.4. The number of carboxylic acids is 4. The van der Waals surface area contributed by atoms with E-state index in [0.717, 1.165) is 11.8 Å². The van der Waals surface area contributed by atoms with Crippen molar-refractivity contribution < 1.29 is 116 Å². The van der Waals surface area contributed by atoms with Gasteiger partial charge in [-0.3, -0.25) is 101 Å². The molecule has 628 valence electrons. The zero-order valence-electron chi connectivity index (χ0n) is 62.7. The van der Waals surface area contributed by atoms with Gasteiger partial charge in [0.25, 0.3) is 0 Å². The Morgan fingerprint density at radius 1 is 0.487 bits per heavy atom. The first-order valence-corrected chi connectivity index (χ1v) is 38.3. The summed E-state index contributed by atoms with van der Waals surface area (Å²) >= 11 is 9.37. The number of carboxylic acid groups (broad SMARTS) is 4. The Kier molecular flexibility index (Phi) is 51.8. The Hall–Kier alpha value is -8.62. The predicted molar refractivity (Wildman–Crippen MR) is 414 cm³/mol. The van der Waals surface area contributed by atoms with Crippen molar-refractivity contribution in [2.45, 2.75) is 87.2 Å². The standard InChI is InChI=1S/C66H107N19O24S3.Ga/c67-50(86)36-109-37-53(89)71-13-23-106-25-27-108-28-26-107-24-14-72-60(100)49-40-112-41-54(90)75-44(9-4-5-11-70-52(88)32-82-15-17-83(33-56(93)94)19-21-85(35-58(97)98)22-20-84(18-16-82)34-57(95)96)61(101)79-47(38-110)64(104)77-43(10-6-12-73-66(68)69)59(99)74-31-51(87)76-46(30-55(91)92)63(103)80-48(39-111)65(105)78-45(62(102)81-49)29-42-7-2-1-3-8-42;/h1-3,7-8,43-49,110-111H,4-6,9-41H2,(H2,67,86)(H,70,88)(H,71,89)(H,72,100)(H,74,99)(H,75,90)(H,76,87)(H,77,104)(H,78,105)(H,79,101)(H,80,103)(H,81,102)(H,91,92)(H,93,94)(H,95,96)(H,97,98)(H4,68,69,73);/q;+3. The second-order valence-electron chi connectivity index (χ2n) is 25.4. The van der Waals surface area contributed by atoms with Gasteiger partial charge in [0.2, 0.25) is 70.9 Å². The van der Waals surface area contributed by atoms with Gasteiger partial charge in [-0.2, -0.15) is 25.3 Å². The number of hydrogen-bond donors (Lipinski definition) is 20. The van der Waals surface area contributed by atoms with Gasteiger partial charge in [0.1, 0.15) is 55.5 Å². The molecule has 47 heteroatoms. The van der Waals surface area contributed by atoms with Crippen LogP contribution in [-0.2, 0) is 102 Å². The van der Waals surface area contributed by atoms with Crippen LogP contribution in [0.25, 0.3) is 0 Å². The molecule has 21 N–H and O–H groups in total. The van der Waals surface area contributed by atoms with Crippen molar-refractivity contribution in [3.05, 3.63) is 35.9 Å². The molecule has 7 unspecified atom stereocenters. The number of aliphatic carboxylic acids is 4. The molecule has 1 aromatic rings. The fourth-order valence-corrected chi connectivity index (χ4v) is 12.0. The molecule has 0 aliphatic carbocycles. The average molecular weight is 1720 g/mol. The second-order valence-corrected chi connectivity index (χ2v) is 27.2. The quantitative estimate of drug-likeness (QED) is 0.00954. The first-order chi connectivity index (χ1) is 53.4. The summed E-state index contributed by atoms with van der Waals surface area (Å²) in [6.45, 7) is -1.25. The molecule has 113 heavy (non-hydrogen) atoms. The topological polar surface area (TPSA) is 627 Å². The zero-order valence-corrected chi connectivity index (χ0v) is 67.7. The molecule has 2 aliphatic heterocycles. The molecule has 0 bridgehead atoms. The molecular weight excluding hydrogens is 1610 g/mol. The normalized spacial score (nSPS) is 20.6. The maximum Gasteiger partial charge on any atom is 3.00 e. The van der Waals surface area contributed by atoms with E-state index in [2.05, 4.69) is 88.7 Å². The van der Waals surface area contributed by atoms with E-state index in [0.29, 0.717) is 5.56 Å². The molecule has 2 heterocycles.